The van der Waals surface area contributed by atoms with E-state index in [0.29, 0.717) is 16.9 Å². The van der Waals surface area contributed by atoms with Crippen LogP contribution >= 0.6 is 11.8 Å². The zero-order chi connectivity index (χ0) is 24.2. The highest BCUT2D eigenvalue weighted by atomic mass is 32.2. The number of hydrogen-bond donors (Lipinski definition) is 2. The summed E-state index contributed by atoms with van der Waals surface area (Å²) in [7, 11) is -4.00. The van der Waals surface area contributed by atoms with E-state index < -0.39 is 22.4 Å². The molecule has 3 aromatic rings. The molecule has 3 rings (SSSR count). The Balaban J connectivity index is 1.66. The predicted molar refractivity (Wildman–Crippen MR) is 118 cm³/mol. The van der Waals surface area contributed by atoms with Crippen molar-refractivity contribution in [1.29, 1.82) is 0 Å². The van der Waals surface area contributed by atoms with E-state index in [4.69, 9.17) is 0 Å². The van der Waals surface area contributed by atoms with Gasteiger partial charge in [0.05, 0.1) is 10.5 Å². The molecule has 33 heavy (non-hydrogen) atoms. The Bertz CT molecular complexity index is 1260. The molecular weight excluding hydrogens is 479 g/mol. The molecule has 0 unspecified atom stereocenters. The van der Waals surface area contributed by atoms with Gasteiger partial charge in [0.1, 0.15) is 5.75 Å². The van der Waals surface area contributed by atoms with Crippen LogP contribution in [0.15, 0.2) is 76.5 Å². The minimum atomic E-state index is -4.76. The van der Waals surface area contributed by atoms with E-state index >= 15 is 0 Å². The highest BCUT2D eigenvalue weighted by Gasteiger charge is 2.31. The van der Waals surface area contributed by atoms with Gasteiger partial charge in [0.15, 0.2) is 0 Å². The second-order valence-electron chi connectivity index (χ2n) is 6.90. The molecule has 0 radical (unpaired) electrons. The van der Waals surface area contributed by atoms with Crippen molar-refractivity contribution in [2.75, 3.05) is 4.72 Å². The highest BCUT2D eigenvalue weighted by molar-refractivity contribution is 7.98. The van der Waals surface area contributed by atoms with Gasteiger partial charge >= 0.3 is 12.3 Å². The second kappa shape index (κ2) is 9.75. The van der Waals surface area contributed by atoms with Crippen molar-refractivity contribution in [3.05, 3.63) is 83.4 Å². The molecule has 0 aliphatic heterocycles. The topological polar surface area (TPSA) is 92.7 Å². The monoisotopic (exact) mass is 497 g/mol. The molecule has 11 heteroatoms. The fraction of sp³-hybridized carbons (Fsp3) is 0.136. The van der Waals surface area contributed by atoms with Crippen molar-refractivity contribution in [1.82, 2.24) is 0 Å². The van der Waals surface area contributed by atoms with Crippen molar-refractivity contribution >= 4 is 33.4 Å². The third-order valence-electron chi connectivity index (χ3n) is 4.39. The van der Waals surface area contributed by atoms with Crippen molar-refractivity contribution < 1.29 is 36.2 Å². The lowest BCUT2D eigenvalue weighted by Gasteiger charge is -2.11. The van der Waals surface area contributed by atoms with E-state index in [1.807, 2.05) is 0 Å². The lowest BCUT2D eigenvalue weighted by Crippen LogP contribution is -2.17. The number of ether oxygens (including phenoxy) is 1. The smallest absolute Gasteiger partial charge is 0.478 e. The van der Waals surface area contributed by atoms with Gasteiger partial charge in [-0.3, -0.25) is 4.72 Å². The zero-order valence-corrected chi connectivity index (χ0v) is 18.7. The van der Waals surface area contributed by atoms with Crippen LogP contribution in [0.4, 0.5) is 18.9 Å². The van der Waals surface area contributed by atoms with Gasteiger partial charge in [0, 0.05) is 16.3 Å². The van der Waals surface area contributed by atoms with Crippen LogP contribution < -0.4 is 9.46 Å². The number of sulfonamides is 1. The van der Waals surface area contributed by atoms with E-state index in [2.05, 4.69) is 9.46 Å². The lowest BCUT2D eigenvalue weighted by atomic mass is 10.1. The van der Waals surface area contributed by atoms with Crippen LogP contribution in [0.5, 0.6) is 5.75 Å². The molecule has 0 spiro atoms. The first-order valence-electron chi connectivity index (χ1n) is 9.37. The Hall–Kier alpha value is -3.18. The SMILES string of the molecule is Cc1ccc(S(=O)(=O)Nc2ccc(SCc3cccc(OC(F)(F)F)c3)cc2)cc1C(=O)O. The molecule has 2 N–H and O–H groups in total. The van der Waals surface area contributed by atoms with Gasteiger partial charge in [-0.15, -0.1) is 24.9 Å². The van der Waals surface area contributed by atoms with Crippen molar-refractivity contribution in [3.63, 3.8) is 0 Å². The molecule has 0 saturated carbocycles. The maximum atomic E-state index is 12.6. The first kappa shape index (κ1) is 24.5. The van der Waals surface area contributed by atoms with Crippen molar-refractivity contribution in [2.24, 2.45) is 0 Å². The molecule has 0 heterocycles. The second-order valence-corrected chi connectivity index (χ2v) is 9.63. The number of rotatable bonds is 8. The van der Waals surface area contributed by atoms with Crippen LogP contribution in [-0.4, -0.2) is 25.9 Å². The van der Waals surface area contributed by atoms with Gasteiger partial charge in [-0.2, -0.15) is 0 Å². The van der Waals surface area contributed by atoms with E-state index in [9.17, 15) is 31.5 Å². The number of aromatic carboxylic acids is 1. The molecule has 0 aliphatic rings. The molecule has 0 saturated heterocycles. The Labute approximate surface area is 192 Å². The van der Waals surface area contributed by atoms with Gasteiger partial charge in [-0.1, -0.05) is 18.2 Å². The summed E-state index contributed by atoms with van der Waals surface area (Å²) in [5, 5.41) is 9.20. The van der Waals surface area contributed by atoms with Crippen LogP contribution in [0.25, 0.3) is 0 Å². The summed E-state index contributed by atoms with van der Waals surface area (Å²) >= 11 is 1.35. The number of nitrogens with one attached hydrogen (secondary N) is 1. The van der Waals surface area contributed by atoms with Gasteiger partial charge < -0.3 is 9.84 Å². The average Bonchev–Trinajstić information content (AvgIpc) is 2.72. The standard InChI is InChI=1S/C22H18F3NO5S2/c1-14-5-10-19(12-20(14)21(27)28)33(29,30)26-16-6-8-18(9-7-16)32-13-15-3-2-4-17(11-15)31-22(23,24)25/h2-12,26H,13H2,1H3,(H,27,28). The number of benzene rings is 3. The molecule has 0 aliphatic carbocycles. The molecule has 174 valence electrons. The summed E-state index contributed by atoms with van der Waals surface area (Å²) in [4.78, 5) is 11.9. The van der Waals surface area contributed by atoms with Crippen LogP contribution in [0.1, 0.15) is 21.5 Å². The van der Waals surface area contributed by atoms with Gasteiger partial charge in [-0.25, -0.2) is 13.2 Å². The summed E-state index contributed by atoms with van der Waals surface area (Å²) < 4.78 is 68.6. The maximum absolute atomic E-state index is 12.6. The Morgan fingerprint density at radius 2 is 1.76 bits per heavy atom. The summed E-state index contributed by atoms with van der Waals surface area (Å²) in [5.74, 6) is -1.14. The molecule has 6 nitrogen and oxygen atoms in total. The van der Waals surface area contributed by atoms with Crippen LogP contribution in [-0.2, 0) is 15.8 Å². The number of hydrogen-bond acceptors (Lipinski definition) is 5. The molecule has 0 fully saturated rings. The van der Waals surface area contributed by atoms with E-state index in [1.54, 1.807) is 25.1 Å². The first-order valence-corrected chi connectivity index (χ1v) is 11.8. The third kappa shape index (κ3) is 6.90. The number of carboxylic acids is 1. The normalized spacial score (nSPS) is 11.8. The molecule has 0 bridgehead atoms. The fourth-order valence-corrected chi connectivity index (χ4v) is 4.76. The number of thioether (sulfide) groups is 1. The quantitative estimate of drug-likeness (QED) is 0.389. The van der Waals surface area contributed by atoms with Crippen molar-refractivity contribution in [2.45, 2.75) is 28.8 Å². The lowest BCUT2D eigenvalue weighted by molar-refractivity contribution is -0.274. The highest BCUT2D eigenvalue weighted by Crippen LogP contribution is 2.28. The summed E-state index contributed by atoms with van der Waals surface area (Å²) in [6.07, 6.45) is -4.76. The predicted octanol–water partition coefficient (Wildman–Crippen LogP) is 5.68. The largest absolute Gasteiger partial charge is 0.573 e. The molecule has 0 atom stereocenters. The van der Waals surface area contributed by atoms with E-state index in [0.717, 1.165) is 11.0 Å². The fourth-order valence-electron chi connectivity index (χ4n) is 2.83. The molecule has 0 aromatic heterocycles. The van der Waals surface area contributed by atoms with E-state index in [1.165, 1.54) is 54.2 Å². The zero-order valence-electron chi connectivity index (χ0n) is 17.1. The molecule has 0 amide bonds. The first-order chi connectivity index (χ1) is 15.4. The molecular formula is C22H18F3NO5S2. The average molecular weight is 498 g/mol. The van der Waals surface area contributed by atoms with Gasteiger partial charge in [0.25, 0.3) is 10.0 Å². The minimum Gasteiger partial charge on any atom is -0.478 e. The van der Waals surface area contributed by atoms with Crippen molar-refractivity contribution in [3.8, 4) is 5.75 Å². The van der Waals surface area contributed by atoms with Crippen LogP contribution in [0, 0.1) is 6.92 Å². The summed E-state index contributed by atoms with van der Waals surface area (Å²) in [6, 6.07) is 15.9. The number of carboxylic acid groups (broad SMARTS) is 1. The van der Waals surface area contributed by atoms with Crippen LogP contribution in [0.2, 0.25) is 0 Å². The van der Waals surface area contributed by atoms with E-state index in [-0.39, 0.29) is 21.9 Å². The third-order valence-corrected chi connectivity index (χ3v) is 6.86. The summed E-state index contributed by atoms with van der Waals surface area (Å²) in [5.41, 5.74) is 1.24. The number of carbonyl (C=O) groups is 1. The Morgan fingerprint density at radius 1 is 1.06 bits per heavy atom. The van der Waals surface area contributed by atoms with Crippen LogP contribution in [0.3, 0.4) is 0 Å². The maximum Gasteiger partial charge on any atom is 0.573 e. The number of alkyl halides is 3. The number of halogens is 3. The number of anilines is 1. The number of aryl methyl sites for hydroxylation is 1. The Kier molecular flexibility index (Phi) is 7.23. The molecule has 3 aromatic carbocycles. The summed E-state index contributed by atoms with van der Waals surface area (Å²) in [6.45, 7) is 1.57. The minimum absolute atomic E-state index is 0.102. The van der Waals surface area contributed by atoms with Gasteiger partial charge in [0.2, 0.25) is 0 Å². The van der Waals surface area contributed by atoms with Gasteiger partial charge in [-0.05, 0) is 66.6 Å². The Morgan fingerprint density at radius 3 is 2.39 bits per heavy atom.